The molecule has 1 N–H and O–H groups in total. The third-order valence-electron chi connectivity index (χ3n) is 3.83. The van der Waals surface area contributed by atoms with E-state index in [2.05, 4.69) is 59.1 Å². The largest absolute Gasteiger partial charge is 0.348 e. The van der Waals surface area contributed by atoms with Crippen LogP contribution >= 0.6 is 0 Å². The van der Waals surface area contributed by atoms with Crippen LogP contribution in [0.3, 0.4) is 0 Å². The van der Waals surface area contributed by atoms with E-state index < -0.39 is 0 Å². The van der Waals surface area contributed by atoms with Gasteiger partial charge >= 0.3 is 0 Å². The number of H-pyrrole nitrogens is 1. The average Bonchev–Trinajstić information content (AvgIpc) is 2.99. The molecule has 0 bridgehead atoms. The molecule has 20 heavy (non-hydrogen) atoms. The number of nitrogens with one attached hydrogen (secondary N) is 1. The Labute approximate surface area is 118 Å². The van der Waals surface area contributed by atoms with Crippen LogP contribution in [0.2, 0.25) is 0 Å². The van der Waals surface area contributed by atoms with Crippen molar-refractivity contribution in [2.24, 2.45) is 0 Å². The summed E-state index contributed by atoms with van der Waals surface area (Å²) in [5, 5.41) is 0. The SMILES string of the molecule is Cc1cccc(C(c2ccncc2)c2cnc[nH]2)c1C. The smallest absolute Gasteiger partial charge is 0.0922 e. The fraction of sp³-hybridized carbons (Fsp3) is 0.176. The maximum Gasteiger partial charge on any atom is 0.0922 e. The van der Waals surface area contributed by atoms with Gasteiger partial charge in [-0.15, -0.1) is 0 Å². The van der Waals surface area contributed by atoms with E-state index in [0.717, 1.165) is 5.69 Å². The topological polar surface area (TPSA) is 41.6 Å². The molecule has 2 heterocycles. The van der Waals surface area contributed by atoms with Crippen molar-refractivity contribution in [2.45, 2.75) is 19.8 Å². The van der Waals surface area contributed by atoms with Crippen LogP contribution in [0.5, 0.6) is 0 Å². The standard InChI is InChI=1S/C17H17N3/c1-12-4-3-5-15(13(12)2)17(16-10-19-11-20-16)14-6-8-18-9-7-14/h3-11,17H,1-2H3,(H,19,20). The van der Waals surface area contributed by atoms with Crippen LogP contribution < -0.4 is 0 Å². The predicted molar refractivity (Wildman–Crippen MR) is 79.7 cm³/mol. The minimum Gasteiger partial charge on any atom is -0.348 e. The Hall–Kier alpha value is -2.42. The molecule has 0 aliphatic rings. The number of pyridine rings is 1. The zero-order valence-corrected chi connectivity index (χ0v) is 11.7. The van der Waals surface area contributed by atoms with Crippen molar-refractivity contribution in [1.82, 2.24) is 15.0 Å². The summed E-state index contributed by atoms with van der Waals surface area (Å²) in [7, 11) is 0. The molecule has 1 atom stereocenters. The highest BCUT2D eigenvalue weighted by Gasteiger charge is 2.20. The first kappa shape index (κ1) is 12.6. The van der Waals surface area contributed by atoms with Crippen LogP contribution in [0.25, 0.3) is 0 Å². The summed E-state index contributed by atoms with van der Waals surface area (Å²) < 4.78 is 0. The Balaban J connectivity index is 2.19. The number of imidazole rings is 1. The van der Waals surface area contributed by atoms with Crippen molar-refractivity contribution in [3.05, 3.63) is 83.2 Å². The van der Waals surface area contributed by atoms with Crippen molar-refractivity contribution in [3.63, 3.8) is 0 Å². The van der Waals surface area contributed by atoms with Crippen LogP contribution in [-0.4, -0.2) is 15.0 Å². The summed E-state index contributed by atoms with van der Waals surface area (Å²) >= 11 is 0. The van der Waals surface area contributed by atoms with Crippen LogP contribution in [0.15, 0.2) is 55.2 Å². The third-order valence-corrected chi connectivity index (χ3v) is 3.83. The van der Waals surface area contributed by atoms with Crippen molar-refractivity contribution < 1.29 is 0 Å². The van der Waals surface area contributed by atoms with E-state index in [1.54, 1.807) is 6.33 Å². The second-order valence-electron chi connectivity index (χ2n) is 5.01. The molecule has 3 heteroatoms. The number of aromatic nitrogens is 3. The molecule has 3 aromatic rings. The molecule has 0 saturated heterocycles. The highest BCUT2D eigenvalue weighted by Crippen LogP contribution is 2.33. The van der Waals surface area contributed by atoms with E-state index in [1.807, 2.05) is 18.6 Å². The zero-order chi connectivity index (χ0) is 13.9. The number of benzene rings is 1. The van der Waals surface area contributed by atoms with Crippen molar-refractivity contribution >= 4 is 0 Å². The van der Waals surface area contributed by atoms with Crippen LogP contribution in [0.1, 0.15) is 33.9 Å². The van der Waals surface area contributed by atoms with E-state index in [-0.39, 0.29) is 5.92 Å². The molecule has 0 spiro atoms. The molecule has 3 rings (SSSR count). The highest BCUT2D eigenvalue weighted by atomic mass is 14.9. The maximum absolute atomic E-state index is 4.18. The first-order valence-corrected chi connectivity index (χ1v) is 6.71. The molecule has 0 radical (unpaired) electrons. The average molecular weight is 263 g/mol. The van der Waals surface area contributed by atoms with Crippen LogP contribution in [-0.2, 0) is 0 Å². The van der Waals surface area contributed by atoms with Crippen LogP contribution in [0.4, 0.5) is 0 Å². The van der Waals surface area contributed by atoms with Gasteiger partial charge in [0, 0.05) is 24.3 Å². The highest BCUT2D eigenvalue weighted by molar-refractivity contribution is 5.45. The van der Waals surface area contributed by atoms with Gasteiger partial charge in [-0.05, 0) is 48.2 Å². The molecule has 3 nitrogen and oxygen atoms in total. The Morgan fingerprint density at radius 1 is 1.00 bits per heavy atom. The molecule has 0 fully saturated rings. The fourth-order valence-electron chi connectivity index (χ4n) is 2.59. The molecule has 0 aliphatic heterocycles. The minimum atomic E-state index is 0.167. The monoisotopic (exact) mass is 263 g/mol. The quantitative estimate of drug-likeness (QED) is 0.784. The van der Waals surface area contributed by atoms with Gasteiger partial charge in [-0.25, -0.2) is 4.98 Å². The number of hydrogen-bond donors (Lipinski definition) is 1. The lowest BCUT2D eigenvalue weighted by atomic mass is 9.85. The van der Waals surface area contributed by atoms with E-state index in [4.69, 9.17) is 0 Å². The van der Waals surface area contributed by atoms with E-state index >= 15 is 0 Å². The van der Waals surface area contributed by atoms with Crippen molar-refractivity contribution in [2.75, 3.05) is 0 Å². The number of aromatic amines is 1. The van der Waals surface area contributed by atoms with E-state index in [9.17, 15) is 0 Å². The summed E-state index contributed by atoms with van der Waals surface area (Å²) in [6.45, 7) is 4.32. The summed E-state index contributed by atoms with van der Waals surface area (Å²) in [6.07, 6.45) is 7.30. The van der Waals surface area contributed by atoms with E-state index in [0.29, 0.717) is 0 Å². The Morgan fingerprint density at radius 3 is 2.50 bits per heavy atom. The van der Waals surface area contributed by atoms with Gasteiger partial charge in [0.2, 0.25) is 0 Å². The molecule has 100 valence electrons. The summed E-state index contributed by atoms with van der Waals surface area (Å²) in [5.74, 6) is 0.167. The van der Waals surface area contributed by atoms with Crippen molar-refractivity contribution in [1.29, 1.82) is 0 Å². The number of nitrogens with zero attached hydrogens (tertiary/aromatic N) is 2. The summed E-state index contributed by atoms with van der Waals surface area (Å²) in [5.41, 5.74) is 6.26. The number of rotatable bonds is 3. The minimum absolute atomic E-state index is 0.167. The van der Waals surface area contributed by atoms with E-state index in [1.165, 1.54) is 22.3 Å². The second-order valence-corrected chi connectivity index (χ2v) is 5.01. The third kappa shape index (κ3) is 2.23. The van der Waals surface area contributed by atoms with Gasteiger partial charge < -0.3 is 4.98 Å². The van der Waals surface area contributed by atoms with Crippen LogP contribution in [0, 0.1) is 13.8 Å². The lowest BCUT2D eigenvalue weighted by molar-refractivity contribution is 0.914. The molecular formula is C17H17N3. The predicted octanol–water partition coefficient (Wildman–Crippen LogP) is 3.60. The molecule has 1 aromatic carbocycles. The summed E-state index contributed by atoms with van der Waals surface area (Å²) in [4.78, 5) is 11.5. The second kappa shape index (κ2) is 5.29. The first-order valence-electron chi connectivity index (χ1n) is 6.71. The van der Waals surface area contributed by atoms with Gasteiger partial charge in [-0.2, -0.15) is 0 Å². The fourth-order valence-corrected chi connectivity index (χ4v) is 2.59. The van der Waals surface area contributed by atoms with Gasteiger partial charge in [0.1, 0.15) is 0 Å². The molecule has 0 aliphatic carbocycles. The first-order chi connectivity index (χ1) is 9.77. The van der Waals surface area contributed by atoms with Gasteiger partial charge in [0.05, 0.1) is 12.2 Å². The molecular weight excluding hydrogens is 246 g/mol. The van der Waals surface area contributed by atoms with Gasteiger partial charge in [-0.3, -0.25) is 4.98 Å². The molecule has 1 unspecified atom stereocenters. The zero-order valence-electron chi connectivity index (χ0n) is 11.7. The van der Waals surface area contributed by atoms with Gasteiger partial charge in [0.15, 0.2) is 0 Å². The Morgan fingerprint density at radius 2 is 1.80 bits per heavy atom. The Kier molecular flexibility index (Phi) is 3.33. The number of aryl methyl sites for hydroxylation is 1. The number of hydrogen-bond acceptors (Lipinski definition) is 2. The van der Waals surface area contributed by atoms with Gasteiger partial charge in [-0.1, -0.05) is 18.2 Å². The van der Waals surface area contributed by atoms with Crippen molar-refractivity contribution in [3.8, 4) is 0 Å². The van der Waals surface area contributed by atoms with Gasteiger partial charge in [0.25, 0.3) is 0 Å². The lowest BCUT2D eigenvalue weighted by Crippen LogP contribution is -2.06. The lowest BCUT2D eigenvalue weighted by Gasteiger charge is -2.19. The molecule has 0 amide bonds. The summed E-state index contributed by atoms with van der Waals surface area (Å²) in [6, 6.07) is 10.6. The normalized spacial score (nSPS) is 12.3. The molecule has 0 saturated carbocycles. The maximum atomic E-state index is 4.18. The Bertz CT molecular complexity index is 688. The molecule has 2 aromatic heterocycles.